The second kappa shape index (κ2) is 6.09. The van der Waals surface area contributed by atoms with Crippen molar-refractivity contribution in [2.24, 2.45) is 0 Å². The molecular formula is C16H18FN5. The molecule has 2 aromatic heterocycles. The minimum absolute atomic E-state index is 0.220. The summed E-state index contributed by atoms with van der Waals surface area (Å²) in [5.41, 5.74) is 2.09. The van der Waals surface area contributed by atoms with E-state index in [-0.39, 0.29) is 5.82 Å². The van der Waals surface area contributed by atoms with E-state index in [1.165, 1.54) is 12.4 Å². The number of rotatable bonds is 5. The van der Waals surface area contributed by atoms with E-state index < -0.39 is 0 Å². The molecule has 3 rings (SSSR count). The van der Waals surface area contributed by atoms with Crippen molar-refractivity contribution in [1.82, 2.24) is 19.5 Å². The number of halogens is 1. The molecular weight excluding hydrogens is 281 g/mol. The van der Waals surface area contributed by atoms with Gasteiger partial charge in [-0.2, -0.15) is 0 Å². The first kappa shape index (κ1) is 14.4. The predicted octanol–water partition coefficient (Wildman–Crippen LogP) is 2.86. The average molecular weight is 299 g/mol. The zero-order valence-corrected chi connectivity index (χ0v) is 12.7. The first-order valence-electron chi connectivity index (χ1n) is 7.38. The van der Waals surface area contributed by atoms with Gasteiger partial charge < -0.3 is 9.47 Å². The van der Waals surface area contributed by atoms with Crippen LogP contribution in [0.5, 0.6) is 0 Å². The van der Waals surface area contributed by atoms with Crippen LogP contribution < -0.4 is 4.90 Å². The maximum absolute atomic E-state index is 13.8. The highest BCUT2D eigenvalue weighted by Gasteiger charge is 2.14. The van der Waals surface area contributed by atoms with Gasteiger partial charge in [0.05, 0.1) is 12.9 Å². The number of hydrogen-bond acceptors (Lipinski definition) is 4. The zero-order chi connectivity index (χ0) is 15.5. The molecule has 0 unspecified atom stereocenters. The summed E-state index contributed by atoms with van der Waals surface area (Å²) in [5.74, 6) is 0.602. The van der Waals surface area contributed by atoms with Crippen molar-refractivity contribution in [3.05, 3.63) is 48.3 Å². The number of benzene rings is 1. The first-order chi connectivity index (χ1) is 10.7. The van der Waals surface area contributed by atoms with Crippen LogP contribution in [0.4, 0.5) is 10.2 Å². The van der Waals surface area contributed by atoms with Crippen molar-refractivity contribution in [2.75, 3.05) is 18.0 Å². The fraction of sp³-hybridized carbons (Fsp3) is 0.312. The second-order valence-corrected chi connectivity index (χ2v) is 5.01. The topological polar surface area (TPSA) is 46.8 Å². The lowest BCUT2D eigenvalue weighted by atomic mass is 10.2. The van der Waals surface area contributed by atoms with Crippen LogP contribution in [0.15, 0.2) is 36.9 Å². The molecule has 0 spiro atoms. The molecule has 0 atom stereocenters. The minimum Gasteiger partial charge on any atom is -0.355 e. The molecule has 0 saturated carbocycles. The monoisotopic (exact) mass is 299 g/mol. The van der Waals surface area contributed by atoms with Gasteiger partial charge in [0, 0.05) is 18.7 Å². The Morgan fingerprint density at radius 3 is 2.59 bits per heavy atom. The Kier molecular flexibility index (Phi) is 4.00. The van der Waals surface area contributed by atoms with Crippen molar-refractivity contribution in [2.45, 2.75) is 20.4 Å². The minimum atomic E-state index is -0.220. The quantitative estimate of drug-likeness (QED) is 0.727. The third-order valence-electron chi connectivity index (χ3n) is 3.74. The normalized spacial score (nSPS) is 11.0. The number of hydrogen-bond donors (Lipinski definition) is 0. The number of fused-ring (bicyclic) bond motifs is 1. The Morgan fingerprint density at radius 2 is 1.86 bits per heavy atom. The predicted molar refractivity (Wildman–Crippen MR) is 84.4 cm³/mol. The zero-order valence-electron chi connectivity index (χ0n) is 12.7. The van der Waals surface area contributed by atoms with Crippen molar-refractivity contribution in [3.63, 3.8) is 0 Å². The molecule has 3 aromatic rings. The van der Waals surface area contributed by atoms with Gasteiger partial charge in [-0.25, -0.2) is 19.3 Å². The Hall–Kier alpha value is -2.50. The highest BCUT2D eigenvalue weighted by Crippen LogP contribution is 2.22. The first-order valence-corrected chi connectivity index (χ1v) is 7.38. The Morgan fingerprint density at radius 1 is 1.09 bits per heavy atom. The molecule has 0 saturated heterocycles. The molecule has 6 heteroatoms. The van der Waals surface area contributed by atoms with E-state index in [9.17, 15) is 4.39 Å². The number of aromatic nitrogens is 4. The van der Waals surface area contributed by atoms with Gasteiger partial charge in [0.2, 0.25) is 0 Å². The summed E-state index contributed by atoms with van der Waals surface area (Å²) in [7, 11) is 0. The highest BCUT2D eigenvalue weighted by atomic mass is 19.1. The molecule has 1 aromatic carbocycles. The molecule has 0 aliphatic heterocycles. The molecule has 0 aliphatic rings. The fourth-order valence-electron chi connectivity index (χ4n) is 2.55. The summed E-state index contributed by atoms with van der Waals surface area (Å²) in [6.07, 6.45) is 3.23. The SMILES string of the molecule is CCN(CC)c1ncnc2c1ncn2Cc1ccccc1F. The maximum Gasteiger partial charge on any atom is 0.165 e. The molecule has 0 N–H and O–H groups in total. The van der Waals surface area contributed by atoms with Crippen molar-refractivity contribution < 1.29 is 4.39 Å². The molecule has 5 nitrogen and oxygen atoms in total. The van der Waals surface area contributed by atoms with Crippen LogP contribution in [0.3, 0.4) is 0 Å². The fourth-order valence-corrected chi connectivity index (χ4v) is 2.55. The third kappa shape index (κ3) is 2.52. The van der Waals surface area contributed by atoms with E-state index in [4.69, 9.17) is 0 Å². The largest absolute Gasteiger partial charge is 0.355 e. The van der Waals surface area contributed by atoms with E-state index in [0.29, 0.717) is 12.1 Å². The van der Waals surface area contributed by atoms with Gasteiger partial charge >= 0.3 is 0 Å². The number of nitrogens with zero attached hydrogens (tertiary/aromatic N) is 5. The molecule has 0 fully saturated rings. The standard InChI is InChI=1S/C16H18FN5/c1-3-21(4-2)15-14-16(19-10-18-15)22(11-20-14)9-12-7-5-6-8-13(12)17/h5-8,10-11H,3-4,9H2,1-2H3. The van der Waals surface area contributed by atoms with Crippen LogP contribution in [-0.4, -0.2) is 32.6 Å². The van der Waals surface area contributed by atoms with E-state index in [1.54, 1.807) is 18.5 Å². The van der Waals surface area contributed by atoms with Crippen molar-refractivity contribution >= 4 is 17.0 Å². The van der Waals surface area contributed by atoms with Gasteiger partial charge in [0.25, 0.3) is 0 Å². The number of anilines is 1. The van der Waals surface area contributed by atoms with Gasteiger partial charge in [0.1, 0.15) is 12.1 Å². The van der Waals surface area contributed by atoms with Gasteiger partial charge in [0.15, 0.2) is 17.0 Å². The van der Waals surface area contributed by atoms with Crippen LogP contribution in [0.1, 0.15) is 19.4 Å². The van der Waals surface area contributed by atoms with E-state index in [0.717, 1.165) is 30.1 Å². The number of imidazole rings is 1. The Bertz CT molecular complexity index is 779. The molecule has 0 aliphatic carbocycles. The molecule has 22 heavy (non-hydrogen) atoms. The molecule has 114 valence electrons. The Balaban J connectivity index is 2.03. The third-order valence-corrected chi connectivity index (χ3v) is 3.74. The molecule has 2 heterocycles. The lowest BCUT2D eigenvalue weighted by Crippen LogP contribution is -2.23. The average Bonchev–Trinajstić information content (AvgIpc) is 2.95. The molecule has 0 amide bonds. The molecule has 0 bridgehead atoms. The summed E-state index contributed by atoms with van der Waals surface area (Å²) < 4.78 is 15.7. The lowest BCUT2D eigenvalue weighted by molar-refractivity contribution is 0.601. The van der Waals surface area contributed by atoms with Crippen LogP contribution in [-0.2, 0) is 6.54 Å². The van der Waals surface area contributed by atoms with E-state index in [2.05, 4.69) is 33.7 Å². The summed E-state index contributed by atoms with van der Waals surface area (Å²) in [4.78, 5) is 15.2. The lowest BCUT2D eigenvalue weighted by Gasteiger charge is -2.19. The van der Waals surface area contributed by atoms with Gasteiger partial charge in [-0.05, 0) is 19.9 Å². The van der Waals surface area contributed by atoms with Gasteiger partial charge in [-0.1, -0.05) is 18.2 Å². The maximum atomic E-state index is 13.8. The van der Waals surface area contributed by atoms with Gasteiger partial charge in [-0.15, -0.1) is 0 Å². The van der Waals surface area contributed by atoms with E-state index >= 15 is 0 Å². The smallest absolute Gasteiger partial charge is 0.165 e. The second-order valence-electron chi connectivity index (χ2n) is 5.01. The van der Waals surface area contributed by atoms with Crippen molar-refractivity contribution in [3.8, 4) is 0 Å². The van der Waals surface area contributed by atoms with Crippen LogP contribution in [0, 0.1) is 5.82 Å². The van der Waals surface area contributed by atoms with Gasteiger partial charge in [-0.3, -0.25) is 0 Å². The van der Waals surface area contributed by atoms with E-state index in [1.807, 2.05) is 10.6 Å². The summed E-state index contributed by atoms with van der Waals surface area (Å²) >= 11 is 0. The molecule has 0 radical (unpaired) electrons. The van der Waals surface area contributed by atoms with Crippen LogP contribution >= 0.6 is 0 Å². The Labute approximate surface area is 128 Å². The summed E-state index contributed by atoms with van der Waals surface area (Å²) in [5, 5.41) is 0. The highest BCUT2D eigenvalue weighted by molar-refractivity contribution is 5.83. The summed E-state index contributed by atoms with van der Waals surface area (Å²) in [6, 6.07) is 6.75. The summed E-state index contributed by atoms with van der Waals surface area (Å²) in [6.45, 7) is 6.25. The van der Waals surface area contributed by atoms with Crippen molar-refractivity contribution in [1.29, 1.82) is 0 Å². The van der Waals surface area contributed by atoms with Crippen LogP contribution in [0.2, 0.25) is 0 Å². The van der Waals surface area contributed by atoms with Crippen LogP contribution in [0.25, 0.3) is 11.2 Å².